The fourth-order valence-electron chi connectivity index (χ4n) is 1.57. The van der Waals surface area contributed by atoms with Gasteiger partial charge in [-0.25, -0.2) is 9.18 Å². The van der Waals surface area contributed by atoms with Crippen LogP contribution in [0.5, 0.6) is 0 Å². The number of benzene rings is 1. The zero-order chi connectivity index (χ0) is 13.3. The lowest BCUT2D eigenvalue weighted by atomic mass is 10.2. The highest BCUT2D eigenvalue weighted by atomic mass is 79.9. The molecule has 0 spiro atoms. The van der Waals surface area contributed by atoms with Gasteiger partial charge in [0.2, 0.25) is 0 Å². The lowest BCUT2D eigenvalue weighted by Crippen LogP contribution is -2.00. The molecular weight excluding hydrogens is 324 g/mol. The first-order valence-corrected chi connectivity index (χ1v) is 6.18. The van der Waals surface area contributed by atoms with Gasteiger partial charge in [0.25, 0.3) is 0 Å². The molecule has 18 heavy (non-hydrogen) atoms. The summed E-state index contributed by atoms with van der Waals surface area (Å²) in [6.45, 7) is 0.296. The summed E-state index contributed by atoms with van der Waals surface area (Å²) in [4.78, 5) is 10.8. The van der Waals surface area contributed by atoms with Crippen LogP contribution in [0.15, 0.2) is 35.1 Å². The predicted octanol–water partition coefficient (Wildman–Crippen LogP) is 3.79. The normalized spacial score (nSPS) is 10.6. The molecule has 0 aliphatic carbocycles. The number of halogens is 3. The van der Waals surface area contributed by atoms with E-state index in [1.165, 1.54) is 18.3 Å². The Morgan fingerprint density at radius 1 is 1.50 bits per heavy atom. The van der Waals surface area contributed by atoms with Gasteiger partial charge in [0, 0.05) is 12.7 Å². The minimum absolute atomic E-state index is 0.0509. The molecule has 0 bridgehead atoms. The zero-order valence-corrected chi connectivity index (χ0v) is 11.4. The summed E-state index contributed by atoms with van der Waals surface area (Å²) in [6, 6.07) is 6.01. The van der Waals surface area contributed by atoms with Gasteiger partial charge in [0.1, 0.15) is 5.82 Å². The first kappa shape index (κ1) is 13.1. The molecule has 1 aromatic heterocycles. The van der Waals surface area contributed by atoms with E-state index in [0.29, 0.717) is 16.7 Å². The van der Waals surface area contributed by atoms with Gasteiger partial charge in [0.05, 0.1) is 15.2 Å². The molecule has 1 heterocycles. The molecule has 0 unspecified atom stereocenters. The minimum atomic E-state index is -1.01. The van der Waals surface area contributed by atoms with E-state index in [9.17, 15) is 9.18 Å². The Morgan fingerprint density at radius 3 is 2.83 bits per heavy atom. The van der Waals surface area contributed by atoms with Crippen molar-refractivity contribution in [3.05, 3.63) is 57.0 Å². The fraction of sp³-hybridized carbons (Fsp3) is 0.0833. The molecule has 0 radical (unpaired) electrons. The van der Waals surface area contributed by atoms with Crippen LogP contribution in [0.1, 0.15) is 15.9 Å². The lowest BCUT2D eigenvalue weighted by molar-refractivity contribution is 0.0697. The van der Waals surface area contributed by atoms with E-state index in [1.54, 1.807) is 16.7 Å². The Bertz CT molecular complexity index is 612. The van der Waals surface area contributed by atoms with E-state index >= 15 is 0 Å². The van der Waals surface area contributed by atoms with Crippen molar-refractivity contribution < 1.29 is 14.3 Å². The number of carbonyl (C=O) groups is 1. The van der Waals surface area contributed by atoms with Crippen LogP contribution >= 0.6 is 27.5 Å². The molecule has 2 aromatic rings. The van der Waals surface area contributed by atoms with E-state index < -0.39 is 11.8 Å². The van der Waals surface area contributed by atoms with Crippen LogP contribution < -0.4 is 0 Å². The highest BCUT2D eigenvalue weighted by Crippen LogP contribution is 2.23. The summed E-state index contributed by atoms with van der Waals surface area (Å²) in [5.74, 6) is -1.50. The third-order valence-electron chi connectivity index (χ3n) is 2.46. The van der Waals surface area contributed by atoms with E-state index in [1.807, 2.05) is 0 Å². The number of carboxylic acids is 1. The summed E-state index contributed by atoms with van der Waals surface area (Å²) >= 11 is 9.09. The van der Waals surface area contributed by atoms with Gasteiger partial charge < -0.3 is 9.67 Å². The second-order valence-corrected chi connectivity index (χ2v) is 4.89. The number of aromatic carboxylic acids is 1. The number of nitrogens with zero attached hydrogens (tertiary/aromatic N) is 1. The first-order valence-electron chi connectivity index (χ1n) is 5.01. The molecule has 0 saturated heterocycles. The van der Waals surface area contributed by atoms with Gasteiger partial charge in [-0.2, -0.15) is 0 Å². The summed E-state index contributed by atoms with van der Waals surface area (Å²) in [5.41, 5.74) is 0.749. The largest absolute Gasteiger partial charge is 0.478 e. The number of hydrogen-bond donors (Lipinski definition) is 1. The van der Waals surface area contributed by atoms with Crippen LogP contribution in [0.25, 0.3) is 0 Å². The Hall–Kier alpha value is -1.33. The molecule has 1 aromatic carbocycles. The summed E-state index contributed by atoms with van der Waals surface area (Å²) in [5, 5.41) is 8.92. The van der Waals surface area contributed by atoms with E-state index in [-0.39, 0.29) is 10.6 Å². The van der Waals surface area contributed by atoms with Crippen molar-refractivity contribution in [3.63, 3.8) is 0 Å². The van der Waals surface area contributed by atoms with E-state index in [2.05, 4.69) is 15.9 Å². The second kappa shape index (κ2) is 5.12. The van der Waals surface area contributed by atoms with Crippen molar-refractivity contribution in [1.29, 1.82) is 0 Å². The molecule has 0 amide bonds. The number of rotatable bonds is 3. The van der Waals surface area contributed by atoms with Crippen molar-refractivity contribution in [2.75, 3.05) is 0 Å². The number of hydrogen-bond acceptors (Lipinski definition) is 1. The average molecular weight is 333 g/mol. The second-order valence-electron chi connectivity index (χ2n) is 3.70. The smallest absolute Gasteiger partial charge is 0.337 e. The minimum Gasteiger partial charge on any atom is -0.478 e. The summed E-state index contributed by atoms with van der Waals surface area (Å²) in [6.07, 6.45) is 1.47. The maximum atomic E-state index is 13.3. The predicted molar refractivity (Wildman–Crippen MR) is 69.6 cm³/mol. The first-order chi connectivity index (χ1) is 8.49. The molecule has 2 rings (SSSR count). The van der Waals surface area contributed by atoms with Crippen molar-refractivity contribution in [2.45, 2.75) is 6.54 Å². The Balaban J connectivity index is 2.34. The molecule has 1 N–H and O–H groups in total. The average Bonchev–Trinajstić information content (AvgIpc) is 2.67. The van der Waals surface area contributed by atoms with E-state index in [0.717, 1.165) is 0 Å². The number of carboxylic acid groups (broad SMARTS) is 1. The van der Waals surface area contributed by atoms with Crippen LogP contribution in [-0.4, -0.2) is 15.6 Å². The molecule has 0 aliphatic heterocycles. The molecular formula is C12H8BrClFNO2. The lowest BCUT2D eigenvalue weighted by Gasteiger charge is -2.07. The molecule has 0 fully saturated rings. The Kier molecular flexibility index (Phi) is 3.73. The maximum Gasteiger partial charge on any atom is 0.337 e. The van der Waals surface area contributed by atoms with Crippen molar-refractivity contribution in [3.8, 4) is 0 Å². The highest BCUT2D eigenvalue weighted by Gasteiger charge is 2.12. The number of aromatic nitrogens is 1. The Labute approximate surface area is 116 Å². The van der Waals surface area contributed by atoms with Gasteiger partial charge >= 0.3 is 5.97 Å². The third-order valence-corrected chi connectivity index (χ3v) is 3.57. The maximum absolute atomic E-state index is 13.3. The van der Waals surface area contributed by atoms with E-state index in [4.69, 9.17) is 16.7 Å². The standard InChI is InChI=1S/C12H8BrClFNO2/c13-10-4-8(12(17)18)6-16(10)5-7-2-1-3-9(15)11(7)14/h1-4,6H,5H2,(H,17,18). The summed E-state index contributed by atoms with van der Waals surface area (Å²) < 4.78 is 15.5. The van der Waals surface area contributed by atoms with Crippen LogP contribution in [0.2, 0.25) is 5.02 Å². The van der Waals surface area contributed by atoms with Gasteiger partial charge in [-0.1, -0.05) is 23.7 Å². The highest BCUT2D eigenvalue weighted by molar-refractivity contribution is 9.10. The van der Waals surface area contributed by atoms with Crippen LogP contribution in [0.4, 0.5) is 4.39 Å². The molecule has 3 nitrogen and oxygen atoms in total. The topological polar surface area (TPSA) is 42.2 Å². The van der Waals surface area contributed by atoms with Gasteiger partial charge in [-0.15, -0.1) is 0 Å². The summed E-state index contributed by atoms with van der Waals surface area (Å²) in [7, 11) is 0. The van der Waals surface area contributed by atoms with Gasteiger partial charge in [-0.05, 0) is 33.6 Å². The molecule has 0 saturated carbocycles. The van der Waals surface area contributed by atoms with Crippen LogP contribution in [0.3, 0.4) is 0 Å². The molecule has 6 heteroatoms. The SMILES string of the molecule is O=C(O)c1cc(Br)n(Cc2cccc(F)c2Cl)c1. The van der Waals surface area contributed by atoms with Crippen molar-refractivity contribution >= 4 is 33.5 Å². The van der Waals surface area contributed by atoms with Crippen LogP contribution in [-0.2, 0) is 6.54 Å². The Morgan fingerprint density at radius 2 is 2.22 bits per heavy atom. The van der Waals surface area contributed by atoms with Gasteiger partial charge in [0.15, 0.2) is 0 Å². The third kappa shape index (κ3) is 2.57. The van der Waals surface area contributed by atoms with Crippen molar-refractivity contribution in [1.82, 2.24) is 4.57 Å². The fourth-order valence-corrected chi connectivity index (χ4v) is 2.23. The molecule has 0 atom stereocenters. The molecule has 94 valence electrons. The quantitative estimate of drug-likeness (QED) is 0.929. The monoisotopic (exact) mass is 331 g/mol. The zero-order valence-electron chi connectivity index (χ0n) is 9.03. The van der Waals surface area contributed by atoms with Crippen molar-refractivity contribution in [2.24, 2.45) is 0 Å². The van der Waals surface area contributed by atoms with Gasteiger partial charge in [-0.3, -0.25) is 0 Å². The molecule has 0 aliphatic rings. The van der Waals surface area contributed by atoms with Crippen LogP contribution in [0, 0.1) is 5.82 Å².